The molecule has 0 saturated carbocycles. The molecule has 0 saturated heterocycles. The molecular weight excluding hydrogens is 527 g/mol. The Bertz CT molecular complexity index is 1250. The van der Waals surface area contributed by atoms with E-state index in [9.17, 15) is 22.5 Å². The van der Waals surface area contributed by atoms with Crippen LogP contribution in [-0.4, -0.2) is 65.3 Å². The Balaban J connectivity index is 1.91. The SMILES string of the molecule is COCC(C)(COC)C(=O)OC(C)n1c([S+]([O-])Cc2nccc(OCC(F)(F)F)c2C)nc2ccccc21. The maximum Gasteiger partial charge on any atom is 0.422 e. The topological polar surface area (TPSA) is 108 Å². The molecule has 0 fully saturated rings. The first-order chi connectivity index (χ1) is 17.9. The van der Waals surface area contributed by atoms with Crippen molar-refractivity contribution >= 4 is 28.2 Å². The second kappa shape index (κ2) is 12.3. The molecule has 0 bridgehead atoms. The lowest BCUT2D eigenvalue weighted by Crippen LogP contribution is -2.39. The first kappa shape index (κ1) is 29.7. The Morgan fingerprint density at radius 3 is 2.42 bits per heavy atom. The zero-order valence-electron chi connectivity index (χ0n) is 21.7. The van der Waals surface area contributed by atoms with Crippen LogP contribution >= 0.6 is 0 Å². The third-order valence-electron chi connectivity index (χ3n) is 5.74. The number of rotatable bonds is 12. The fourth-order valence-corrected chi connectivity index (χ4v) is 5.22. The van der Waals surface area contributed by atoms with Gasteiger partial charge in [-0.15, -0.1) is 0 Å². The number of alkyl halides is 3. The van der Waals surface area contributed by atoms with Crippen molar-refractivity contribution in [3.05, 3.63) is 47.8 Å². The van der Waals surface area contributed by atoms with Crippen molar-refractivity contribution in [1.82, 2.24) is 14.5 Å². The van der Waals surface area contributed by atoms with Gasteiger partial charge in [-0.3, -0.25) is 9.78 Å². The van der Waals surface area contributed by atoms with E-state index < -0.39 is 41.6 Å². The van der Waals surface area contributed by atoms with Crippen molar-refractivity contribution < 1.29 is 41.5 Å². The van der Waals surface area contributed by atoms with E-state index in [1.165, 1.54) is 26.5 Å². The number of fused-ring (bicyclic) bond motifs is 1. The molecular formula is C25H30F3N3O6S. The van der Waals surface area contributed by atoms with Gasteiger partial charge >= 0.3 is 17.3 Å². The number of ether oxygens (including phenoxy) is 4. The van der Waals surface area contributed by atoms with E-state index in [0.717, 1.165) is 0 Å². The van der Waals surface area contributed by atoms with Crippen molar-refractivity contribution in [2.24, 2.45) is 5.41 Å². The van der Waals surface area contributed by atoms with Crippen LogP contribution in [0.15, 0.2) is 41.7 Å². The summed E-state index contributed by atoms with van der Waals surface area (Å²) in [6, 6.07) is 8.35. The number of hydrogen-bond acceptors (Lipinski definition) is 8. The average molecular weight is 558 g/mol. The summed E-state index contributed by atoms with van der Waals surface area (Å²) in [4.78, 5) is 21.8. The summed E-state index contributed by atoms with van der Waals surface area (Å²) in [6.45, 7) is 3.50. The maximum atomic E-state index is 13.6. The van der Waals surface area contributed by atoms with Crippen molar-refractivity contribution in [3.63, 3.8) is 0 Å². The van der Waals surface area contributed by atoms with Gasteiger partial charge in [-0.25, -0.2) is 4.57 Å². The highest BCUT2D eigenvalue weighted by molar-refractivity contribution is 7.90. The monoisotopic (exact) mass is 557 g/mol. The molecule has 2 unspecified atom stereocenters. The summed E-state index contributed by atoms with van der Waals surface area (Å²) in [6.07, 6.45) is -4.11. The largest absolute Gasteiger partial charge is 0.609 e. The fraction of sp³-hybridized carbons (Fsp3) is 0.480. The number of esters is 1. The summed E-state index contributed by atoms with van der Waals surface area (Å²) >= 11 is -1.81. The minimum absolute atomic E-state index is 0.00398. The van der Waals surface area contributed by atoms with Gasteiger partial charge in [-0.1, -0.05) is 12.1 Å². The van der Waals surface area contributed by atoms with Crippen LogP contribution in [0.25, 0.3) is 11.0 Å². The standard InChI is InChI=1S/C25H30F3N3O6S/c1-16-19(29-11-10-21(16)36-15-25(26,27)28)12-38(33)23-30-18-8-6-7-9-20(18)31(23)17(2)37-22(32)24(3,13-34-4)14-35-5/h6-11,17H,12-15H2,1-5H3. The maximum absolute atomic E-state index is 13.6. The van der Waals surface area contributed by atoms with E-state index in [2.05, 4.69) is 9.97 Å². The molecule has 0 amide bonds. The quantitative estimate of drug-likeness (QED) is 0.239. The zero-order valence-corrected chi connectivity index (χ0v) is 22.5. The summed E-state index contributed by atoms with van der Waals surface area (Å²) in [5.74, 6) is -0.727. The van der Waals surface area contributed by atoms with Crippen molar-refractivity contribution in [3.8, 4) is 5.75 Å². The molecule has 3 rings (SSSR count). The van der Waals surface area contributed by atoms with Crippen LogP contribution in [0.4, 0.5) is 13.2 Å². The van der Waals surface area contributed by atoms with Gasteiger partial charge in [0.1, 0.15) is 11.2 Å². The Kier molecular flexibility index (Phi) is 9.63. The summed E-state index contributed by atoms with van der Waals surface area (Å²) in [5.41, 5.74) is 0.664. The minimum atomic E-state index is -4.50. The van der Waals surface area contributed by atoms with E-state index in [1.54, 1.807) is 49.6 Å². The molecule has 0 aliphatic rings. The van der Waals surface area contributed by atoms with Gasteiger partial charge in [0, 0.05) is 37.2 Å². The van der Waals surface area contributed by atoms with Gasteiger partial charge in [0.05, 0.1) is 29.9 Å². The highest BCUT2D eigenvalue weighted by atomic mass is 32.2. The van der Waals surface area contributed by atoms with Crippen LogP contribution in [-0.2, 0) is 35.9 Å². The molecule has 2 heterocycles. The van der Waals surface area contributed by atoms with Crippen LogP contribution in [0.5, 0.6) is 5.75 Å². The number of imidazole rings is 1. The smallest absolute Gasteiger partial charge is 0.422 e. The number of carbonyl (C=O) groups is 1. The normalized spacial score (nSPS) is 13.9. The molecule has 2 aromatic heterocycles. The fourth-order valence-electron chi connectivity index (χ4n) is 3.89. The molecule has 0 aliphatic heterocycles. The molecule has 0 spiro atoms. The molecule has 13 heteroatoms. The molecule has 208 valence electrons. The molecule has 38 heavy (non-hydrogen) atoms. The Labute approximate surface area is 221 Å². The third kappa shape index (κ3) is 6.95. The van der Waals surface area contributed by atoms with E-state index in [1.807, 2.05) is 0 Å². The molecule has 0 N–H and O–H groups in total. The number of carbonyl (C=O) groups excluding carboxylic acids is 1. The van der Waals surface area contributed by atoms with Crippen molar-refractivity contribution in [2.45, 2.75) is 44.1 Å². The van der Waals surface area contributed by atoms with Crippen LogP contribution in [0.2, 0.25) is 0 Å². The molecule has 2 atom stereocenters. The lowest BCUT2D eigenvalue weighted by Gasteiger charge is -2.28. The summed E-state index contributed by atoms with van der Waals surface area (Å²) < 4.78 is 74.0. The third-order valence-corrected chi connectivity index (χ3v) is 6.98. The van der Waals surface area contributed by atoms with Crippen molar-refractivity contribution in [1.29, 1.82) is 0 Å². The predicted octanol–water partition coefficient (Wildman–Crippen LogP) is 4.35. The minimum Gasteiger partial charge on any atom is -0.609 e. The Hall–Kier alpha value is -2.87. The number of para-hydroxylation sites is 2. The molecule has 3 aromatic rings. The van der Waals surface area contributed by atoms with Gasteiger partial charge in [0.15, 0.2) is 18.6 Å². The molecule has 9 nitrogen and oxygen atoms in total. The second-order valence-corrected chi connectivity index (χ2v) is 10.3. The van der Waals surface area contributed by atoms with Crippen molar-refractivity contribution in [2.75, 3.05) is 34.0 Å². The highest BCUT2D eigenvalue weighted by Gasteiger charge is 2.38. The van der Waals surface area contributed by atoms with Gasteiger partial charge < -0.3 is 23.5 Å². The van der Waals surface area contributed by atoms with Gasteiger partial charge in [0.25, 0.3) is 0 Å². The molecule has 0 radical (unpaired) electrons. The highest BCUT2D eigenvalue weighted by Crippen LogP contribution is 2.31. The first-order valence-corrected chi connectivity index (χ1v) is 12.9. The predicted molar refractivity (Wildman–Crippen MR) is 133 cm³/mol. The van der Waals surface area contributed by atoms with E-state index >= 15 is 0 Å². The Morgan fingerprint density at radius 2 is 1.79 bits per heavy atom. The first-order valence-electron chi connectivity index (χ1n) is 11.6. The Morgan fingerprint density at radius 1 is 1.13 bits per heavy atom. The lowest BCUT2D eigenvalue weighted by atomic mass is 9.93. The van der Waals surface area contributed by atoms with Crippen LogP contribution in [0, 0.1) is 12.3 Å². The molecule has 1 aromatic carbocycles. The van der Waals surface area contributed by atoms with E-state index in [-0.39, 0.29) is 29.9 Å². The second-order valence-electron chi connectivity index (χ2n) is 8.96. The number of halogens is 3. The van der Waals surface area contributed by atoms with E-state index in [0.29, 0.717) is 22.3 Å². The van der Waals surface area contributed by atoms with Crippen LogP contribution in [0.3, 0.4) is 0 Å². The summed E-state index contributed by atoms with van der Waals surface area (Å²) in [7, 11) is 2.93. The van der Waals surface area contributed by atoms with Gasteiger partial charge in [-0.05, 0) is 39.0 Å². The van der Waals surface area contributed by atoms with Crippen LogP contribution in [0.1, 0.15) is 31.3 Å². The molecule has 0 aliphatic carbocycles. The average Bonchev–Trinajstić information content (AvgIpc) is 3.24. The van der Waals surface area contributed by atoms with Crippen LogP contribution < -0.4 is 4.74 Å². The summed E-state index contributed by atoms with van der Waals surface area (Å²) in [5, 5.41) is 0.120. The number of pyridine rings is 1. The number of aromatic nitrogens is 3. The number of benzene rings is 1. The number of methoxy groups -OCH3 is 2. The number of hydrogen-bond donors (Lipinski definition) is 0. The number of nitrogens with zero attached hydrogens (tertiary/aromatic N) is 3. The van der Waals surface area contributed by atoms with Gasteiger partial charge in [-0.2, -0.15) is 18.2 Å². The lowest BCUT2D eigenvalue weighted by molar-refractivity contribution is -0.171. The van der Waals surface area contributed by atoms with E-state index in [4.69, 9.17) is 18.9 Å². The van der Waals surface area contributed by atoms with Gasteiger partial charge in [0.2, 0.25) is 0 Å². The zero-order chi connectivity index (χ0) is 28.1.